The second kappa shape index (κ2) is 5.16. The Bertz CT molecular complexity index is 775. The van der Waals surface area contributed by atoms with E-state index in [1.807, 2.05) is 48.5 Å². The number of rotatable bonds is 2. The van der Waals surface area contributed by atoms with Crippen molar-refractivity contribution in [1.29, 1.82) is 0 Å². The Morgan fingerprint density at radius 1 is 1.00 bits per heavy atom. The summed E-state index contributed by atoms with van der Waals surface area (Å²) in [5, 5.41) is 1.73. The van der Waals surface area contributed by atoms with Gasteiger partial charge in [-0.05, 0) is 29.8 Å². The summed E-state index contributed by atoms with van der Waals surface area (Å²) >= 11 is 11.4. The van der Waals surface area contributed by atoms with Crippen molar-refractivity contribution in [3.8, 4) is 0 Å². The van der Waals surface area contributed by atoms with Crippen LogP contribution in [-0.2, 0) is 6.42 Å². The summed E-state index contributed by atoms with van der Waals surface area (Å²) < 4.78 is 6.48. The molecule has 0 aliphatic carbocycles. The number of hydrogen-bond donors (Lipinski definition) is 0. The molecule has 0 fully saturated rings. The average Bonchev–Trinajstić information content (AvgIpc) is 2.45. The van der Waals surface area contributed by atoms with Gasteiger partial charge in [-0.1, -0.05) is 48.1 Å². The van der Waals surface area contributed by atoms with Gasteiger partial charge in [-0.25, -0.2) is 0 Å². The molecular formula is C16H11ClOS. The minimum absolute atomic E-state index is 0.741. The Kier molecular flexibility index (Phi) is 3.36. The highest BCUT2D eigenvalue weighted by molar-refractivity contribution is 7.71. The maximum atomic E-state index is 5.88. The molecule has 0 amide bonds. The van der Waals surface area contributed by atoms with E-state index in [2.05, 4.69) is 0 Å². The van der Waals surface area contributed by atoms with Gasteiger partial charge in [-0.3, -0.25) is 0 Å². The Balaban J connectivity index is 2.04. The van der Waals surface area contributed by atoms with Gasteiger partial charge in [-0.2, -0.15) is 0 Å². The zero-order chi connectivity index (χ0) is 13.2. The molecule has 0 aliphatic rings. The van der Waals surface area contributed by atoms with E-state index >= 15 is 0 Å². The summed E-state index contributed by atoms with van der Waals surface area (Å²) in [5.41, 5.74) is 3.02. The van der Waals surface area contributed by atoms with Crippen LogP contribution in [0.15, 0.2) is 59.2 Å². The quantitative estimate of drug-likeness (QED) is 0.585. The molecule has 3 aromatic rings. The van der Waals surface area contributed by atoms with E-state index in [1.165, 1.54) is 5.56 Å². The lowest BCUT2D eigenvalue weighted by molar-refractivity contribution is 0.596. The summed E-state index contributed by atoms with van der Waals surface area (Å²) in [6.45, 7) is 0. The average molecular weight is 287 g/mol. The Morgan fingerprint density at radius 2 is 1.74 bits per heavy atom. The molecule has 1 heterocycles. The third kappa shape index (κ3) is 2.55. The van der Waals surface area contributed by atoms with Crippen LogP contribution in [0.5, 0.6) is 0 Å². The molecule has 0 aliphatic heterocycles. The van der Waals surface area contributed by atoms with Crippen molar-refractivity contribution in [1.82, 2.24) is 0 Å². The SMILES string of the molecule is S=c1c(Cc2ccc(Cl)cc2)coc2ccccc12. The van der Waals surface area contributed by atoms with Gasteiger partial charge in [0.1, 0.15) is 5.58 Å². The molecule has 2 aromatic carbocycles. The van der Waals surface area contributed by atoms with Crippen LogP contribution in [0.2, 0.25) is 5.02 Å². The normalized spacial score (nSPS) is 10.8. The number of benzene rings is 2. The lowest BCUT2D eigenvalue weighted by Crippen LogP contribution is -1.90. The standard InChI is InChI=1S/C16H11ClOS/c17-13-7-5-11(6-8-13)9-12-10-18-15-4-2-1-3-14(15)16(12)19/h1-8,10H,9H2. The summed E-state index contributed by atoms with van der Waals surface area (Å²) in [5.74, 6) is 0. The highest BCUT2D eigenvalue weighted by Gasteiger charge is 2.04. The predicted molar refractivity (Wildman–Crippen MR) is 81.3 cm³/mol. The van der Waals surface area contributed by atoms with Crippen molar-refractivity contribution in [3.05, 3.63) is 75.5 Å². The first kappa shape index (κ1) is 12.4. The van der Waals surface area contributed by atoms with E-state index in [-0.39, 0.29) is 0 Å². The van der Waals surface area contributed by atoms with E-state index in [4.69, 9.17) is 28.2 Å². The van der Waals surface area contributed by atoms with Gasteiger partial charge in [0.05, 0.1) is 10.8 Å². The maximum absolute atomic E-state index is 5.88. The summed E-state index contributed by atoms with van der Waals surface area (Å²) in [7, 11) is 0. The summed E-state index contributed by atoms with van der Waals surface area (Å²) in [4.78, 5) is 0. The highest BCUT2D eigenvalue weighted by Crippen LogP contribution is 2.21. The number of hydrogen-bond acceptors (Lipinski definition) is 2. The fourth-order valence-corrected chi connectivity index (χ4v) is 2.48. The first-order valence-corrected chi connectivity index (χ1v) is 6.76. The van der Waals surface area contributed by atoms with Gasteiger partial charge in [0.2, 0.25) is 0 Å². The zero-order valence-electron chi connectivity index (χ0n) is 10.1. The summed E-state index contributed by atoms with van der Waals surface area (Å²) in [6, 6.07) is 15.6. The third-order valence-electron chi connectivity index (χ3n) is 3.06. The molecule has 94 valence electrons. The molecule has 1 aromatic heterocycles. The predicted octanol–water partition coefficient (Wildman–Crippen LogP) is 5.41. The lowest BCUT2D eigenvalue weighted by atomic mass is 10.1. The fourth-order valence-electron chi connectivity index (χ4n) is 2.06. The molecule has 0 N–H and O–H groups in total. The van der Waals surface area contributed by atoms with Crippen LogP contribution < -0.4 is 0 Å². The molecule has 1 nitrogen and oxygen atoms in total. The minimum Gasteiger partial charge on any atom is -0.464 e. The summed E-state index contributed by atoms with van der Waals surface area (Å²) in [6.07, 6.45) is 2.50. The van der Waals surface area contributed by atoms with E-state index in [0.29, 0.717) is 0 Å². The van der Waals surface area contributed by atoms with Gasteiger partial charge >= 0.3 is 0 Å². The maximum Gasteiger partial charge on any atom is 0.135 e. The largest absolute Gasteiger partial charge is 0.464 e. The molecule has 0 atom stereocenters. The smallest absolute Gasteiger partial charge is 0.135 e. The van der Waals surface area contributed by atoms with Crippen molar-refractivity contribution in [3.63, 3.8) is 0 Å². The number of para-hydroxylation sites is 1. The zero-order valence-corrected chi connectivity index (χ0v) is 11.7. The van der Waals surface area contributed by atoms with Crippen LogP contribution in [0.4, 0.5) is 0 Å². The van der Waals surface area contributed by atoms with E-state index in [9.17, 15) is 0 Å². The van der Waals surface area contributed by atoms with Gasteiger partial charge in [0.15, 0.2) is 0 Å². The molecular weight excluding hydrogens is 276 g/mol. The molecule has 0 saturated heterocycles. The second-order valence-electron chi connectivity index (χ2n) is 4.39. The molecule has 0 saturated carbocycles. The monoisotopic (exact) mass is 286 g/mol. The Morgan fingerprint density at radius 3 is 2.53 bits per heavy atom. The van der Waals surface area contributed by atoms with Gasteiger partial charge in [0, 0.05) is 22.4 Å². The minimum atomic E-state index is 0.741. The van der Waals surface area contributed by atoms with Gasteiger partial charge < -0.3 is 4.42 Å². The first-order valence-electron chi connectivity index (χ1n) is 5.98. The number of halogens is 1. The first-order chi connectivity index (χ1) is 9.24. The number of fused-ring (bicyclic) bond motifs is 1. The van der Waals surface area contributed by atoms with E-state index in [0.717, 1.165) is 32.5 Å². The van der Waals surface area contributed by atoms with E-state index in [1.54, 1.807) is 6.26 Å². The van der Waals surface area contributed by atoms with Crippen molar-refractivity contribution in [2.45, 2.75) is 6.42 Å². The van der Waals surface area contributed by atoms with Crippen LogP contribution in [0, 0.1) is 4.51 Å². The third-order valence-corrected chi connectivity index (χ3v) is 3.79. The lowest BCUT2D eigenvalue weighted by Gasteiger charge is -2.04. The highest BCUT2D eigenvalue weighted by atomic mass is 35.5. The van der Waals surface area contributed by atoms with Gasteiger partial charge in [0.25, 0.3) is 0 Å². The van der Waals surface area contributed by atoms with Crippen LogP contribution in [-0.4, -0.2) is 0 Å². The van der Waals surface area contributed by atoms with Crippen molar-refractivity contribution in [2.24, 2.45) is 0 Å². The molecule has 3 rings (SSSR count). The van der Waals surface area contributed by atoms with Crippen LogP contribution in [0.25, 0.3) is 11.0 Å². The van der Waals surface area contributed by atoms with Gasteiger partial charge in [-0.15, -0.1) is 0 Å². The van der Waals surface area contributed by atoms with Crippen LogP contribution in [0.1, 0.15) is 11.1 Å². The van der Waals surface area contributed by atoms with E-state index < -0.39 is 0 Å². The Hall–Kier alpha value is -1.64. The van der Waals surface area contributed by atoms with Crippen molar-refractivity contribution >= 4 is 34.8 Å². The second-order valence-corrected chi connectivity index (χ2v) is 5.23. The fraction of sp³-hybridized carbons (Fsp3) is 0.0625. The Labute approximate surface area is 121 Å². The van der Waals surface area contributed by atoms with Crippen LogP contribution in [0.3, 0.4) is 0 Å². The molecule has 0 spiro atoms. The molecule has 19 heavy (non-hydrogen) atoms. The molecule has 3 heteroatoms. The molecule has 0 unspecified atom stereocenters. The molecule has 0 radical (unpaired) electrons. The van der Waals surface area contributed by atoms with Crippen LogP contribution >= 0.6 is 23.8 Å². The topological polar surface area (TPSA) is 13.1 Å². The van der Waals surface area contributed by atoms with Crippen molar-refractivity contribution in [2.75, 3.05) is 0 Å². The molecule has 0 bridgehead atoms. The van der Waals surface area contributed by atoms with Crippen molar-refractivity contribution < 1.29 is 4.42 Å².